The Labute approximate surface area is 92.4 Å². The number of anilines is 1. The lowest BCUT2D eigenvalue weighted by atomic mass is 10.1. The minimum Gasteiger partial charge on any atom is -0.363 e. The maximum Gasteiger partial charge on any atom is 0.126 e. The molecule has 0 saturated heterocycles. The first kappa shape index (κ1) is 11.8. The number of rotatable bonds is 5. The summed E-state index contributed by atoms with van der Waals surface area (Å²) < 4.78 is 2.06. The van der Waals surface area contributed by atoms with Crippen molar-refractivity contribution < 1.29 is 0 Å². The lowest BCUT2D eigenvalue weighted by molar-refractivity contribution is 0.515. The van der Waals surface area contributed by atoms with Gasteiger partial charge in [-0.25, -0.2) is 4.68 Å². The molecule has 0 N–H and O–H groups in total. The summed E-state index contributed by atoms with van der Waals surface area (Å²) in [7, 11) is 4.09. The SMILES string of the molecule is C=CC(C)CCn1nc(C)cc1N(C)C. The Morgan fingerprint density at radius 2 is 2.27 bits per heavy atom. The van der Waals surface area contributed by atoms with Crippen LogP contribution in [-0.4, -0.2) is 23.9 Å². The largest absolute Gasteiger partial charge is 0.363 e. The van der Waals surface area contributed by atoms with Gasteiger partial charge in [-0.05, 0) is 19.3 Å². The fraction of sp³-hybridized carbons (Fsp3) is 0.583. The first-order valence-corrected chi connectivity index (χ1v) is 5.39. The molecule has 0 aliphatic carbocycles. The van der Waals surface area contributed by atoms with Crippen LogP contribution >= 0.6 is 0 Å². The highest BCUT2D eigenvalue weighted by Crippen LogP contribution is 2.15. The molecule has 1 heterocycles. The maximum atomic E-state index is 4.48. The van der Waals surface area contributed by atoms with E-state index in [0.717, 1.165) is 18.7 Å². The van der Waals surface area contributed by atoms with Crippen molar-refractivity contribution in [2.45, 2.75) is 26.8 Å². The monoisotopic (exact) mass is 207 g/mol. The molecule has 3 nitrogen and oxygen atoms in total. The van der Waals surface area contributed by atoms with E-state index in [1.807, 2.05) is 27.1 Å². The molecule has 0 bridgehead atoms. The molecule has 0 saturated carbocycles. The van der Waals surface area contributed by atoms with Gasteiger partial charge >= 0.3 is 0 Å². The van der Waals surface area contributed by atoms with Gasteiger partial charge in [-0.3, -0.25) is 0 Å². The zero-order valence-corrected chi connectivity index (χ0v) is 10.2. The summed E-state index contributed by atoms with van der Waals surface area (Å²) in [6.07, 6.45) is 3.08. The van der Waals surface area contributed by atoms with Gasteiger partial charge in [0.15, 0.2) is 0 Å². The zero-order valence-electron chi connectivity index (χ0n) is 10.2. The van der Waals surface area contributed by atoms with Crippen LogP contribution in [0.4, 0.5) is 5.82 Å². The van der Waals surface area contributed by atoms with Crippen LogP contribution in [0.3, 0.4) is 0 Å². The molecule has 1 aromatic heterocycles. The molecule has 0 aromatic carbocycles. The molecule has 0 amide bonds. The van der Waals surface area contributed by atoms with Gasteiger partial charge in [-0.1, -0.05) is 13.0 Å². The molecule has 1 aromatic rings. The van der Waals surface area contributed by atoms with Gasteiger partial charge in [0, 0.05) is 26.7 Å². The van der Waals surface area contributed by atoms with Crippen molar-refractivity contribution in [3.63, 3.8) is 0 Å². The minimum atomic E-state index is 0.546. The van der Waals surface area contributed by atoms with Crippen molar-refractivity contribution in [2.75, 3.05) is 19.0 Å². The molecule has 15 heavy (non-hydrogen) atoms. The molecule has 0 aliphatic heterocycles. The van der Waals surface area contributed by atoms with Gasteiger partial charge in [0.05, 0.1) is 5.69 Å². The fourth-order valence-electron chi connectivity index (χ4n) is 1.50. The van der Waals surface area contributed by atoms with Gasteiger partial charge < -0.3 is 4.90 Å². The molecule has 1 rings (SSSR count). The van der Waals surface area contributed by atoms with Gasteiger partial charge in [-0.15, -0.1) is 6.58 Å². The fourth-order valence-corrected chi connectivity index (χ4v) is 1.50. The maximum absolute atomic E-state index is 4.48. The minimum absolute atomic E-state index is 0.546. The Hall–Kier alpha value is -1.25. The van der Waals surface area contributed by atoms with Crippen LogP contribution in [0, 0.1) is 12.8 Å². The number of aryl methyl sites for hydroxylation is 2. The highest BCUT2D eigenvalue weighted by molar-refractivity contribution is 5.38. The van der Waals surface area contributed by atoms with Crippen LogP contribution < -0.4 is 4.90 Å². The molecule has 84 valence electrons. The summed E-state index contributed by atoms with van der Waals surface area (Å²) in [6.45, 7) is 8.96. The van der Waals surface area contributed by atoms with Gasteiger partial charge in [0.1, 0.15) is 5.82 Å². The van der Waals surface area contributed by atoms with Crippen LogP contribution in [0.15, 0.2) is 18.7 Å². The van der Waals surface area contributed by atoms with Crippen LogP contribution in [0.25, 0.3) is 0 Å². The quantitative estimate of drug-likeness (QED) is 0.692. The van der Waals surface area contributed by atoms with E-state index in [1.165, 1.54) is 5.82 Å². The average molecular weight is 207 g/mol. The van der Waals surface area contributed by atoms with Crippen molar-refractivity contribution in [1.29, 1.82) is 0 Å². The van der Waals surface area contributed by atoms with Gasteiger partial charge in [-0.2, -0.15) is 5.10 Å². The molecule has 0 radical (unpaired) electrons. The third-order valence-corrected chi connectivity index (χ3v) is 2.54. The lowest BCUT2D eigenvalue weighted by Crippen LogP contribution is -2.16. The van der Waals surface area contributed by atoms with Crippen molar-refractivity contribution in [3.05, 3.63) is 24.4 Å². The molecule has 1 atom stereocenters. The lowest BCUT2D eigenvalue weighted by Gasteiger charge is -2.15. The molecule has 0 fully saturated rings. The van der Waals surface area contributed by atoms with E-state index in [-0.39, 0.29) is 0 Å². The summed E-state index contributed by atoms with van der Waals surface area (Å²) in [5, 5.41) is 4.48. The summed E-state index contributed by atoms with van der Waals surface area (Å²) in [6, 6.07) is 2.11. The van der Waals surface area contributed by atoms with Crippen LogP contribution in [0.1, 0.15) is 19.0 Å². The first-order valence-electron chi connectivity index (χ1n) is 5.39. The van der Waals surface area contributed by atoms with Crippen LogP contribution in [0.2, 0.25) is 0 Å². The second kappa shape index (κ2) is 5.01. The number of nitrogens with zero attached hydrogens (tertiary/aromatic N) is 3. The third kappa shape index (κ3) is 3.11. The van der Waals surface area contributed by atoms with E-state index < -0.39 is 0 Å². The van der Waals surface area contributed by atoms with E-state index in [1.54, 1.807) is 0 Å². The second-order valence-corrected chi connectivity index (χ2v) is 4.26. The molecule has 3 heteroatoms. The van der Waals surface area contributed by atoms with Crippen molar-refractivity contribution in [3.8, 4) is 0 Å². The second-order valence-electron chi connectivity index (χ2n) is 4.26. The molecular weight excluding hydrogens is 186 g/mol. The first-order chi connectivity index (χ1) is 7.04. The standard InChI is InChI=1S/C12H21N3/c1-6-10(2)7-8-15-12(14(4)5)9-11(3)13-15/h6,9-10H,1,7-8H2,2-5H3. The number of aromatic nitrogens is 2. The van der Waals surface area contributed by atoms with Crippen LogP contribution in [0.5, 0.6) is 0 Å². The Kier molecular flexibility index (Phi) is 3.95. The summed E-state index contributed by atoms with van der Waals surface area (Å²) >= 11 is 0. The Bertz CT molecular complexity index is 326. The highest BCUT2D eigenvalue weighted by Gasteiger charge is 2.07. The van der Waals surface area contributed by atoms with E-state index >= 15 is 0 Å². The molecule has 0 aliphatic rings. The Morgan fingerprint density at radius 3 is 2.80 bits per heavy atom. The van der Waals surface area contributed by atoms with Crippen molar-refractivity contribution in [2.24, 2.45) is 5.92 Å². The van der Waals surface area contributed by atoms with E-state index in [0.29, 0.717) is 5.92 Å². The Morgan fingerprint density at radius 1 is 1.60 bits per heavy atom. The van der Waals surface area contributed by atoms with Crippen molar-refractivity contribution >= 4 is 5.82 Å². The zero-order chi connectivity index (χ0) is 11.4. The number of hydrogen-bond acceptors (Lipinski definition) is 2. The average Bonchev–Trinajstić information content (AvgIpc) is 2.56. The Balaban J connectivity index is 2.71. The predicted octanol–water partition coefficient (Wildman–Crippen LogP) is 2.47. The number of allylic oxidation sites excluding steroid dienone is 1. The molecule has 0 spiro atoms. The topological polar surface area (TPSA) is 21.1 Å². The summed E-state index contributed by atoms with van der Waals surface area (Å²) in [5.41, 5.74) is 1.07. The van der Waals surface area contributed by atoms with E-state index in [9.17, 15) is 0 Å². The smallest absolute Gasteiger partial charge is 0.126 e. The van der Waals surface area contributed by atoms with Gasteiger partial charge in [0.2, 0.25) is 0 Å². The third-order valence-electron chi connectivity index (χ3n) is 2.54. The van der Waals surface area contributed by atoms with Gasteiger partial charge in [0.25, 0.3) is 0 Å². The summed E-state index contributed by atoms with van der Waals surface area (Å²) in [4.78, 5) is 2.10. The van der Waals surface area contributed by atoms with Crippen molar-refractivity contribution in [1.82, 2.24) is 9.78 Å². The normalized spacial score (nSPS) is 12.5. The predicted molar refractivity (Wildman–Crippen MR) is 65.3 cm³/mol. The number of hydrogen-bond donors (Lipinski definition) is 0. The van der Waals surface area contributed by atoms with Crippen LogP contribution in [-0.2, 0) is 6.54 Å². The summed E-state index contributed by atoms with van der Waals surface area (Å²) in [5.74, 6) is 1.72. The highest BCUT2D eigenvalue weighted by atomic mass is 15.4. The van der Waals surface area contributed by atoms with E-state index in [2.05, 4.69) is 34.2 Å². The van der Waals surface area contributed by atoms with E-state index in [4.69, 9.17) is 0 Å². The molecule has 1 unspecified atom stereocenters. The molecular formula is C12H21N3.